The molecule has 0 bridgehead atoms. The molecule has 0 saturated carbocycles. The number of furan rings is 1. The highest BCUT2D eigenvalue weighted by Gasteiger charge is 2.08. The van der Waals surface area contributed by atoms with Gasteiger partial charge in [0.25, 0.3) is 0 Å². The normalized spacial score (nSPS) is 11.8. The van der Waals surface area contributed by atoms with Gasteiger partial charge in [-0.2, -0.15) is 0 Å². The Labute approximate surface area is 159 Å². The van der Waals surface area contributed by atoms with Crippen LogP contribution >= 0.6 is 0 Å². The van der Waals surface area contributed by atoms with Gasteiger partial charge in [0.1, 0.15) is 5.76 Å². The molecule has 0 radical (unpaired) electrons. The predicted octanol–water partition coefficient (Wildman–Crippen LogP) is 7.62. The third-order valence-corrected chi connectivity index (χ3v) is 4.93. The van der Waals surface area contributed by atoms with Crippen molar-refractivity contribution in [3.8, 4) is 0 Å². The maximum atomic E-state index is 11.3. The molecule has 0 amide bonds. The van der Waals surface area contributed by atoms with Gasteiger partial charge < -0.3 is 9.52 Å². The van der Waals surface area contributed by atoms with Crippen molar-refractivity contribution in [3.05, 3.63) is 29.7 Å². The molecule has 0 saturated heterocycles. The van der Waals surface area contributed by atoms with Crippen molar-refractivity contribution in [2.24, 2.45) is 0 Å². The Morgan fingerprint density at radius 1 is 0.885 bits per heavy atom. The van der Waals surface area contributed by atoms with E-state index in [1.807, 2.05) is 0 Å². The molecule has 1 N–H and O–H groups in total. The van der Waals surface area contributed by atoms with Gasteiger partial charge in [-0.3, -0.25) is 0 Å². The van der Waals surface area contributed by atoms with Crippen LogP contribution in [0, 0.1) is 0 Å². The predicted molar refractivity (Wildman–Crippen MR) is 109 cm³/mol. The third-order valence-electron chi connectivity index (χ3n) is 4.93. The summed E-state index contributed by atoms with van der Waals surface area (Å²) in [5.74, 6) is -0.219. The molecule has 3 nitrogen and oxygen atoms in total. The van der Waals surface area contributed by atoms with Crippen molar-refractivity contribution in [3.63, 3.8) is 0 Å². The van der Waals surface area contributed by atoms with Crippen LogP contribution in [0.15, 0.2) is 28.4 Å². The molecule has 26 heavy (non-hydrogen) atoms. The number of carboxylic acids is 1. The van der Waals surface area contributed by atoms with E-state index in [0.717, 1.165) is 12.8 Å². The van der Waals surface area contributed by atoms with Crippen LogP contribution in [-0.4, -0.2) is 11.1 Å². The van der Waals surface area contributed by atoms with E-state index in [1.165, 1.54) is 77.0 Å². The zero-order valence-corrected chi connectivity index (χ0v) is 16.7. The van der Waals surface area contributed by atoms with Crippen molar-refractivity contribution in [1.82, 2.24) is 0 Å². The lowest BCUT2D eigenvalue weighted by Gasteiger charge is -2.04. The van der Waals surface area contributed by atoms with E-state index in [-0.39, 0.29) is 0 Å². The molecule has 0 spiro atoms. The van der Waals surface area contributed by atoms with Crippen molar-refractivity contribution in [1.29, 1.82) is 0 Å². The lowest BCUT2D eigenvalue weighted by Crippen LogP contribution is -2.00. The van der Waals surface area contributed by atoms with E-state index in [2.05, 4.69) is 6.92 Å². The number of aliphatic carboxylic acids is 1. The molecule has 1 rings (SSSR count). The Bertz CT molecular complexity index is 474. The topological polar surface area (TPSA) is 50.4 Å². The molecule has 0 aliphatic carbocycles. The van der Waals surface area contributed by atoms with Crippen LogP contribution in [-0.2, 0) is 4.79 Å². The molecule has 148 valence electrons. The molecule has 1 heterocycles. The highest BCUT2D eigenvalue weighted by Crippen LogP contribution is 2.17. The molecule has 3 heteroatoms. The summed E-state index contributed by atoms with van der Waals surface area (Å²) < 4.78 is 5.20. The largest absolute Gasteiger partial charge is 0.478 e. The summed E-state index contributed by atoms with van der Waals surface area (Å²) in [5, 5.41) is 9.27. The molecule has 1 aromatic heterocycles. The number of hydrogen-bond donors (Lipinski definition) is 1. The fourth-order valence-electron chi connectivity index (χ4n) is 3.30. The summed E-state index contributed by atoms with van der Waals surface area (Å²) in [6, 6.07) is 3.56. The van der Waals surface area contributed by atoms with E-state index in [4.69, 9.17) is 4.42 Å². The summed E-state index contributed by atoms with van der Waals surface area (Å²) in [4.78, 5) is 11.3. The van der Waals surface area contributed by atoms with Crippen LogP contribution < -0.4 is 0 Å². The number of carboxylic acid groups (broad SMARTS) is 1. The van der Waals surface area contributed by atoms with E-state index >= 15 is 0 Å². The van der Waals surface area contributed by atoms with E-state index < -0.39 is 5.97 Å². The SMILES string of the molecule is CCCCCCCCCCCCCCCCC(=Cc1ccco1)C(=O)O. The van der Waals surface area contributed by atoms with Gasteiger partial charge >= 0.3 is 5.97 Å². The molecular formula is C23H38O3. The summed E-state index contributed by atoms with van der Waals surface area (Å²) in [6.07, 6.45) is 22.2. The number of unbranched alkanes of at least 4 members (excludes halogenated alkanes) is 13. The zero-order chi connectivity index (χ0) is 18.9. The smallest absolute Gasteiger partial charge is 0.331 e. The van der Waals surface area contributed by atoms with Gasteiger partial charge in [0, 0.05) is 5.57 Å². The third kappa shape index (κ3) is 11.9. The van der Waals surface area contributed by atoms with Crippen LogP contribution in [0.2, 0.25) is 0 Å². The lowest BCUT2D eigenvalue weighted by molar-refractivity contribution is -0.132. The van der Waals surface area contributed by atoms with Gasteiger partial charge in [-0.05, 0) is 31.1 Å². The lowest BCUT2D eigenvalue weighted by atomic mass is 10.0. The van der Waals surface area contributed by atoms with Crippen LogP contribution in [0.1, 0.15) is 109 Å². The van der Waals surface area contributed by atoms with Crippen molar-refractivity contribution in [2.45, 2.75) is 103 Å². The second-order valence-electron chi connectivity index (χ2n) is 7.34. The fourth-order valence-corrected chi connectivity index (χ4v) is 3.30. The average molecular weight is 363 g/mol. The highest BCUT2D eigenvalue weighted by molar-refractivity contribution is 5.91. The van der Waals surface area contributed by atoms with Gasteiger partial charge in [0.2, 0.25) is 0 Å². The number of hydrogen-bond acceptors (Lipinski definition) is 2. The van der Waals surface area contributed by atoms with Crippen molar-refractivity contribution >= 4 is 12.0 Å². The molecule has 1 aromatic rings. The average Bonchev–Trinajstić information content (AvgIpc) is 3.14. The number of carbonyl (C=O) groups is 1. The Morgan fingerprint density at radius 3 is 1.81 bits per heavy atom. The van der Waals surface area contributed by atoms with Crippen LogP contribution in [0.4, 0.5) is 0 Å². The summed E-state index contributed by atoms with van der Waals surface area (Å²) >= 11 is 0. The van der Waals surface area contributed by atoms with E-state index in [0.29, 0.717) is 17.8 Å². The molecule has 0 unspecified atom stereocenters. The van der Waals surface area contributed by atoms with Gasteiger partial charge in [0.15, 0.2) is 0 Å². The van der Waals surface area contributed by atoms with Gasteiger partial charge in [-0.1, -0.05) is 90.4 Å². The first-order valence-corrected chi connectivity index (χ1v) is 10.7. The van der Waals surface area contributed by atoms with Crippen LogP contribution in [0.25, 0.3) is 6.08 Å². The summed E-state index contributed by atoms with van der Waals surface area (Å²) in [5.41, 5.74) is 0.443. The van der Waals surface area contributed by atoms with Gasteiger partial charge in [-0.15, -0.1) is 0 Å². The number of rotatable bonds is 17. The van der Waals surface area contributed by atoms with Crippen LogP contribution in [0.3, 0.4) is 0 Å². The first-order valence-electron chi connectivity index (χ1n) is 10.7. The Balaban J connectivity index is 1.93. The molecule has 0 aromatic carbocycles. The first-order chi connectivity index (χ1) is 12.7. The Kier molecular flexibility index (Phi) is 13.6. The molecule has 0 fully saturated rings. The van der Waals surface area contributed by atoms with Crippen molar-refractivity contribution < 1.29 is 14.3 Å². The minimum absolute atomic E-state index is 0.443. The van der Waals surface area contributed by atoms with Crippen molar-refractivity contribution in [2.75, 3.05) is 0 Å². The maximum Gasteiger partial charge on any atom is 0.331 e. The molecule has 0 aliphatic heterocycles. The fraction of sp³-hybridized carbons (Fsp3) is 0.696. The molecule has 0 aliphatic rings. The van der Waals surface area contributed by atoms with Crippen LogP contribution in [0.5, 0.6) is 0 Å². The minimum atomic E-state index is -0.837. The highest BCUT2D eigenvalue weighted by atomic mass is 16.4. The van der Waals surface area contributed by atoms with E-state index in [1.54, 1.807) is 24.5 Å². The zero-order valence-electron chi connectivity index (χ0n) is 16.7. The van der Waals surface area contributed by atoms with Gasteiger partial charge in [-0.25, -0.2) is 4.79 Å². The summed E-state index contributed by atoms with van der Waals surface area (Å²) in [6.45, 7) is 2.27. The maximum absolute atomic E-state index is 11.3. The monoisotopic (exact) mass is 362 g/mol. The molecular weight excluding hydrogens is 324 g/mol. The standard InChI is InChI=1S/C23H38O3/c1-2-3-4-5-6-7-8-9-10-11-12-13-14-15-17-21(23(24)25)20-22-18-16-19-26-22/h16,18-20H,2-15,17H2,1H3,(H,24,25). The summed E-state index contributed by atoms with van der Waals surface area (Å²) in [7, 11) is 0. The Hall–Kier alpha value is -1.51. The molecule has 0 atom stereocenters. The van der Waals surface area contributed by atoms with E-state index in [9.17, 15) is 9.90 Å². The Morgan fingerprint density at radius 2 is 1.38 bits per heavy atom. The van der Waals surface area contributed by atoms with Gasteiger partial charge in [0.05, 0.1) is 6.26 Å². The quantitative estimate of drug-likeness (QED) is 0.229. The minimum Gasteiger partial charge on any atom is -0.478 e. The second kappa shape index (κ2) is 15.7. The second-order valence-corrected chi connectivity index (χ2v) is 7.34. The first kappa shape index (κ1) is 22.5.